The highest BCUT2D eigenvalue weighted by atomic mass is 16.5. The van der Waals surface area contributed by atoms with Gasteiger partial charge in [0.2, 0.25) is 11.4 Å². The molecule has 2 atom stereocenters. The van der Waals surface area contributed by atoms with Gasteiger partial charge >= 0.3 is 0 Å². The minimum absolute atomic E-state index is 0.0141. The van der Waals surface area contributed by atoms with Crippen LogP contribution in [0.1, 0.15) is 27.2 Å². The predicted molar refractivity (Wildman–Crippen MR) is 124 cm³/mol. The Labute approximate surface area is 187 Å². The number of hydrogen-bond donors (Lipinski definition) is 0. The van der Waals surface area contributed by atoms with Gasteiger partial charge in [-0.25, -0.2) is 4.98 Å². The van der Waals surface area contributed by atoms with Gasteiger partial charge in [0.15, 0.2) is 0 Å². The molecule has 3 aromatic heterocycles. The van der Waals surface area contributed by atoms with E-state index in [9.17, 15) is 4.79 Å². The molecule has 1 aliphatic heterocycles. The highest BCUT2D eigenvalue weighted by Gasteiger charge is 2.30. The molecular weight excluding hydrogens is 406 g/mol. The van der Waals surface area contributed by atoms with Crippen molar-refractivity contribution in [2.45, 2.75) is 39.4 Å². The molecule has 166 valence electrons. The Kier molecular flexibility index (Phi) is 5.99. The lowest BCUT2D eigenvalue weighted by atomic mass is 9.96. The molecule has 0 aromatic carbocycles. The van der Waals surface area contributed by atoms with Crippen LogP contribution in [0, 0.1) is 12.5 Å². The lowest BCUT2D eigenvalue weighted by Crippen LogP contribution is -2.45. The van der Waals surface area contributed by atoms with E-state index in [0.717, 1.165) is 29.9 Å². The van der Waals surface area contributed by atoms with Crippen LogP contribution in [-0.2, 0) is 7.05 Å². The molecule has 8 nitrogen and oxygen atoms in total. The number of anilines is 1. The van der Waals surface area contributed by atoms with Crippen molar-refractivity contribution in [3.8, 4) is 11.6 Å². The summed E-state index contributed by atoms with van der Waals surface area (Å²) in [6.45, 7) is 14.8. The van der Waals surface area contributed by atoms with E-state index in [0.29, 0.717) is 23.8 Å². The largest absolute Gasteiger partial charge is 0.489 e. The number of aromatic nitrogens is 3. The minimum Gasteiger partial charge on any atom is -0.489 e. The van der Waals surface area contributed by atoms with Gasteiger partial charge in [-0.3, -0.25) is 4.79 Å². The second-order valence-corrected chi connectivity index (χ2v) is 8.44. The molecule has 0 spiro atoms. The molecule has 0 aliphatic carbocycles. The smallest absolute Gasteiger partial charge is 0.270 e. The van der Waals surface area contributed by atoms with Crippen molar-refractivity contribution in [3.63, 3.8) is 0 Å². The number of pyridine rings is 3. The van der Waals surface area contributed by atoms with E-state index in [1.165, 1.54) is 0 Å². The van der Waals surface area contributed by atoms with E-state index in [-0.39, 0.29) is 23.7 Å². The van der Waals surface area contributed by atoms with Gasteiger partial charge < -0.3 is 23.8 Å². The molecule has 32 heavy (non-hydrogen) atoms. The van der Waals surface area contributed by atoms with E-state index < -0.39 is 0 Å². The maximum atomic E-state index is 12.5. The highest BCUT2D eigenvalue weighted by molar-refractivity contribution is 5.89. The van der Waals surface area contributed by atoms with Crippen LogP contribution in [0.25, 0.3) is 15.9 Å². The van der Waals surface area contributed by atoms with Crippen LogP contribution in [0.4, 0.5) is 11.5 Å². The molecule has 0 radical (unpaired) electrons. The summed E-state index contributed by atoms with van der Waals surface area (Å²) < 4.78 is 13.4. The molecule has 1 fully saturated rings. The molecule has 1 saturated heterocycles. The third-order valence-corrected chi connectivity index (χ3v) is 5.69. The van der Waals surface area contributed by atoms with Gasteiger partial charge in [0.1, 0.15) is 11.9 Å². The fourth-order valence-electron chi connectivity index (χ4n) is 4.06. The number of ether oxygens (including phenoxy) is 2. The lowest BCUT2D eigenvalue weighted by molar-refractivity contribution is 0.116. The maximum Gasteiger partial charge on any atom is 0.270 e. The van der Waals surface area contributed by atoms with Crippen LogP contribution in [0.2, 0.25) is 0 Å². The lowest BCUT2D eigenvalue weighted by Gasteiger charge is -2.37. The predicted octanol–water partition coefficient (Wildman–Crippen LogP) is 3.96. The van der Waals surface area contributed by atoms with Crippen molar-refractivity contribution in [1.82, 2.24) is 14.5 Å². The molecule has 3 aromatic rings. The molecule has 0 saturated carbocycles. The molecule has 8 heteroatoms. The van der Waals surface area contributed by atoms with Crippen LogP contribution < -0.4 is 19.9 Å². The molecule has 1 aliphatic rings. The summed E-state index contributed by atoms with van der Waals surface area (Å²) in [5.74, 6) is 1.83. The number of aryl methyl sites for hydroxylation is 1. The first-order chi connectivity index (χ1) is 15.4. The standard InChI is InChI=1S/C24H27N5O3/c1-15(2)31-17-6-9-22(26-13-17)32-20-10-11-29(14-16(20)3)19-12-23(30)28(5)18-7-8-21(25-4)27-24(18)19/h6-9,12-13,15-16,20H,10-11,14H2,1-3,5H3/t16-,20+/m1/s1. The number of hydrogen-bond acceptors (Lipinski definition) is 6. The second kappa shape index (κ2) is 8.87. The van der Waals surface area contributed by atoms with E-state index >= 15 is 0 Å². The van der Waals surface area contributed by atoms with Gasteiger partial charge in [-0.15, -0.1) is 4.98 Å². The number of nitrogens with zero attached hydrogens (tertiary/aromatic N) is 5. The maximum absolute atomic E-state index is 12.5. The van der Waals surface area contributed by atoms with Crippen molar-refractivity contribution >= 4 is 22.5 Å². The third kappa shape index (κ3) is 4.37. The Morgan fingerprint density at radius 1 is 1.25 bits per heavy atom. The summed E-state index contributed by atoms with van der Waals surface area (Å²) >= 11 is 0. The Morgan fingerprint density at radius 2 is 2.06 bits per heavy atom. The quantitative estimate of drug-likeness (QED) is 0.567. The topological polar surface area (TPSA) is 73.8 Å². The van der Waals surface area contributed by atoms with E-state index in [1.54, 1.807) is 36.0 Å². The zero-order valence-corrected chi connectivity index (χ0v) is 18.8. The summed E-state index contributed by atoms with van der Waals surface area (Å²) in [7, 11) is 1.72. The Hall–Kier alpha value is -3.60. The molecule has 0 bridgehead atoms. The molecule has 4 heterocycles. The average molecular weight is 434 g/mol. The second-order valence-electron chi connectivity index (χ2n) is 8.44. The molecular formula is C24H27N5O3. The summed E-state index contributed by atoms with van der Waals surface area (Å²) in [4.78, 5) is 27.0. The molecule has 0 N–H and O–H groups in total. The number of rotatable bonds is 5. The van der Waals surface area contributed by atoms with Crippen LogP contribution in [0.5, 0.6) is 11.6 Å². The average Bonchev–Trinajstić information content (AvgIpc) is 2.78. The van der Waals surface area contributed by atoms with Crippen LogP contribution in [-0.4, -0.2) is 39.8 Å². The third-order valence-electron chi connectivity index (χ3n) is 5.69. The highest BCUT2D eigenvalue weighted by Crippen LogP contribution is 2.31. The molecule has 0 amide bonds. The molecule has 4 rings (SSSR count). The summed E-state index contributed by atoms with van der Waals surface area (Å²) in [5.41, 5.74) is 2.07. The van der Waals surface area contributed by atoms with Crippen LogP contribution in [0.15, 0.2) is 41.3 Å². The monoisotopic (exact) mass is 433 g/mol. The van der Waals surface area contributed by atoms with Gasteiger partial charge in [-0.05, 0) is 32.0 Å². The Balaban J connectivity index is 1.52. The SMILES string of the molecule is [C-]#[N+]c1ccc2c(n1)c(N1CC[C@H](Oc3ccc(OC(C)C)cn3)[C@H](C)C1)cc(=O)n2C. The van der Waals surface area contributed by atoms with E-state index in [4.69, 9.17) is 16.0 Å². The van der Waals surface area contributed by atoms with Gasteiger partial charge in [0, 0.05) is 44.6 Å². The molecule has 0 unspecified atom stereocenters. The van der Waals surface area contributed by atoms with Gasteiger partial charge in [-0.1, -0.05) is 13.5 Å². The van der Waals surface area contributed by atoms with E-state index in [1.807, 2.05) is 26.0 Å². The zero-order valence-electron chi connectivity index (χ0n) is 18.8. The summed E-state index contributed by atoms with van der Waals surface area (Å²) in [6.07, 6.45) is 2.58. The van der Waals surface area contributed by atoms with Gasteiger partial charge in [0.05, 0.1) is 23.5 Å². The van der Waals surface area contributed by atoms with Crippen LogP contribution in [0.3, 0.4) is 0 Å². The van der Waals surface area contributed by atoms with Gasteiger partial charge in [-0.2, -0.15) is 0 Å². The normalized spacial score (nSPS) is 18.6. The summed E-state index contributed by atoms with van der Waals surface area (Å²) in [5, 5.41) is 0. The van der Waals surface area contributed by atoms with Crippen molar-refractivity contribution in [2.75, 3.05) is 18.0 Å². The van der Waals surface area contributed by atoms with Crippen molar-refractivity contribution in [2.24, 2.45) is 13.0 Å². The Bertz CT molecular complexity index is 1210. The van der Waals surface area contributed by atoms with Crippen molar-refractivity contribution in [3.05, 3.63) is 58.3 Å². The van der Waals surface area contributed by atoms with E-state index in [2.05, 4.69) is 26.6 Å². The van der Waals surface area contributed by atoms with Crippen molar-refractivity contribution in [1.29, 1.82) is 0 Å². The Morgan fingerprint density at radius 3 is 2.72 bits per heavy atom. The first kappa shape index (κ1) is 21.6. The number of fused-ring (bicyclic) bond motifs is 1. The number of piperidine rings is 1. The van der Waals surface area contributed by atoms with Gasteiger partial charge in [0.25, 0.3) is 11.4 Å². The fraction of sp³-hybridized carbons (Fsp3) is 0.417. The van der Waals surface area contributed by atoms with Crippen LogP contribution >= 0.6 is 0 Å². The first-order valence-electron chi connectivity index (χ1n) is 10.8. The zero-order chi connectivity index (χ0) is 22.8. The first-order valence-corrected chi connectivity index (χ1v) is 10.8. The fourth-order valence-corrected chi connectivity index (χ4v) is 4.06. The summed E-state index contributed by atoms with van der Waals surface area (Å²) in [6, 6.07) is 8.76. The van der Waals surface area contributed by atoms with Crippen molar-refractivity contribution < 1.29 is 9.47 Å². The minimum atomic E-state index is -0.0937.